The number of amides is 3. The molecule has 15 atom stereocenters. The maximum absolute atomic E-state index is 12.5. The second-order valence-corrected chi connectivity index (χ2v) is 15.1. The van der Waals surface area contributed by atoms with E-state index in [0.717, 1.165) is 18.1 Å². The highest BCUT2D eigenvalue weighted by atomic mass is 16.8. The van der Waals surface area contributed by atoms with Crippen LogP contribution in [0.15, 0.2) is 48.5 Å². The van der Waals surface area contributed by atoms with Gasteiger partial charge in [0.25, 0.3) is 11.8 Å². The van der Waals surface area contributed by atoms with Crippen LogP contribution in [0.1, 0.15) is 23.7 Å². The van der Waals surface area contributed by atoms with E-state index >= 15 is 0 Å². The van der Waals surface area contributed by atoms with E-state index in [1.165, 1.54) is 0 Å². The minimum Gasteiger partial charge on any atom is -0.484 e. The third-order valence-corrected chi connectivity index (χ3v) is 10.5. The molecule has 63 heavy (non-hydrogen) atoms. The van der Waals surface area contributed by atoms with Gasteiger partial charge in [-0.2, -0.15) is 0 Å². The molecule has 3 fully saturated rings. The highest BCUT2D eigenvalue weighted by Gasteiger charge is 2.54. The van der Waals surface area contributed by atoms with E-state index < -0.39 is 124 Å². The molecular weight excluding hydrogens is 840 g/mol. The van der Waals surface area contributed by atoms with Crippen molar-refractivity contribution in [2.45, 2.75) is 105 Å². The average Bonchev–Trinajstić information content (AvgIpc) is 3.28. The number of nitrogens with one attached hydrogen (secondary N) is 3. The van der Waals surface area contributed by atoms with E-state index in [9.17, 15) is 60.3 Å². The van der Waals surface area contributed by atoms with E-state index in [2.05, 4.69) is 16.0 Å². The Morgan fingerprint density at radius 1 is 0.683 bits per heavy atom. The van der Waals surface area contributed by atoms with E-state index in [1.54, 1.807) is 42.5 Å². The molecule has 3 aliphatic rings. The first-order chi connectivity index (χ1) is 30.2. The van der Waals surface area contributed by atoms with Gasteiger partial charge in [0.2, 0.25) is 5.91 Å². The molecule has 0 bridgehead atoms. The molecule has 5 rings (SSSR count). The molecule has 2 aromatic rings. The highest BCUT2D eigenvalue weighted by molar-refractivity contribution is 5.95. The van der Waals surface area contributed by atoms with Crippen molar-refractivity contribution in [3.8, 4) is 16.9 Å². The van der Waals surface area contributed by atoms with Gasteiger partial charge in [0.1, 0.15) is 78.9 Å². The standard InChI is InChI=1S/C40H58N4O19/c1-19(48)44-28-31(52)35(62-40-34(55)36(30(51)25(16-46)60-40)63-39-33(54)32(53)29(50)24(15-45)59-39)26(17-47)61-38(28)57-13-3-11-42-27(49)18-58-23-8-6-20(7-9-23)21-4-2-5-22(14-21)37(56)43-12-10-41/h2,4-9,14,24-26,28-36,38-40,45-47,50-55H,3,10-13,15-18,41H2,1H3,(H,42,49)(H,43,56)(H,44,48)/t24?,25?,26?,28?,29-,30-,31?,32?,33?,34?,35-,36?,38+,39+,40-/m0/s1. The van der Waals surface area contributed by atoms with Crippen LogP contribution in [-0.4, -0.2) is 208 Å². The molecule has 0 radical (unpaired) electrons. The number of benzene rings is 2. The molecule has 3 aliphatic heterocycles. The Labute approximate surface area is 361 Å². The van der Waals surface area contributed by atoms with Crippen LogP contribution in [0.2, 0.25) is 0 Å². The smallest absolute Gasteiger partial charge is 0.257 e. The van der Waals surface area contributed by atoms with Gasteiger partial charge in [-0.1, -0.05) is 24.3 Å². The molecule has 0 aromatic heterocycles. The summed E-state index contributed by atoms with van der Waals surface area (Å²) in [5.41, 5.74) is 7.59. The van der Waals surface area contributed by atoms with Gasteiger partial charge in [0, 0.05) is 32.1 Å². The lowest BCUT2D eigenvalue weighted by molar-refractivity contribution is -0.376. The number of carbonyl (C=O) groups excluding carboxylic acids is 3. The van der Waals surface area contributed by atoms with Crippen LogP contribution >= 0.6 is 0 Å². The molecule has 0 saturated carbocycles. The number of ether oxygens (including phenoxy) is 7. The van der Waals surface area contributed by atoms with E-state index in [0.29, 0.717) is 24.4 Å². The Kier molecular flexibility index (Phi) is 18.9. The van der Waals surface area contributed by atoms with Gasteiger partial charge in [0.05, 0.1) is 26.4 Å². The number of rotatable bonds is 20. The van der Waals surface area contributed by atoms with Crippen LogP contribution in [0.4, 0.5) is 0 Å². The minimum atomic E-state index is -1.96. The van der Waals surface area contributed by atoms with Crippen LogP contribution in [0.3, 0.4) is 0 Å². The predicted molar refractivity (Wildman–Crippen MR) is 213 cm³/mol. The Hall–Kier alpha value is -3.99. The number of hydrogen-bond donors (Lipinski definition) is 13. The zero-order valence-corrected chi connectivity index (χ0v) is 34.3. The number of carbonyl (C=O) groups is 3. The van der Waals surface area contributed by atoms with Crippen molar-refractivity contribution in [3.63, 3.8) is 0 Å². The van der Waals surface area contributed by atoms with Crippen LogP contribution in [0, 0.1) is 0 Å². The maximum atomic E-state index is 12.5. The third-order valence-electron chi connectivity index (χ3n) is 10.5. The first-order valence-corrected chi connectivity index (χ1v) is 20.4. The van der Waals surface area contributed by atoms with Crippen LogP contribution in [0.5, 0.6) is 5.75 Å². The van der Waals surface area contributed by atoms with Gasteiger partial charge in [0.15, 0.2) is 25.5 Å². The van der Waals surface area contributed by atoms with E-state index in [-0.39, 0.29) is 32.1 Å². The van der Waals surface area contributed by atoms with Crippen molar-refractivity contribution < 1.29 is 93.5 Å². The monoisotopic (exact) mass is 898 g/mol. The quantitative estimate of drug-likeness (QED) is 0.0552. The summed E-state index contributed by atoms with van der Waals surface area (Å²) in [6.07, 6.45) is -23.3. The van der Waals surface area contributed by atoms with Crippen LogP contribution in [0.25, 0.3) is 11.1 Å². The molecule has 0 aliphatic carbocycles. The van der Waals surface area contributed by atoms with E-state index in [4.69, 9.17) is 38.9 Å². The number of aliphatic hydroxyl groups is 9. The third kappa shape index (κ3) is 12.8. The summed E-state index contributed by atoms with van der Waals surface area (Å²) in [7, 11) is 0. The fraction of sp³-hybridized carbons (Fsp3) is 0.625. The van der Waals surface area contributed by atoms with Gasteiger partial charge < -0.3 is 101 Å². The van der Waals surface area contributed by atoms with Crippen molar-refractivity contribution in [2.75, 3.05) is 52.7 Å². The largest absolute Gasteiger partial charge is 0.484 e. The fourth-order valence-electron chi connectivity index (χ4n) is 7.15. The SMILES string of the molecule is CC(=O)NC1C(O)[C@@H](O[C@@H]2OC(CO)[C@H](O)C(O[C@H]3OC(CO)[C@H](O)C(O)C3O)C2O)C(CO)O[C@H]1OCCCNC(=O)COc1ccc(-c2cccc(C(=O)NCCN)c2)cc1. The number of aliphatic hydroxyl groups excluding tert-OH is 9. The molecule has 3 saturated heterocycles. The first kappa shape index (κ1) is 50.0. The topological polar surface area (TPSA) is 360 Å². The second-order valence-electron chi connectivity index (χ2n) is 15.1. The summed E-state index contributed by atoms with van der Waals surface area (Å²) in [6, 6.07) is 12.7. The fourth-order valence-corrected chi connectivity index (χ4v) is 7.15. The van der Waals surface area contributed by atoms with Gasteiger partial charge in [-0.3, -0.25) is 14.4 Å². The lowest BCUT2D eigenvalue weighted by Crippen LogP contribution is -2.68. The summed E-state index contributed by atoms with van der Waals surface area (Å²) in [5.74, 6) is -0.838. The van der Waals surface area contributed by atoms with Crippen molar-refractivity contribution in [2.24, 2.45) is 5.73 Å². The predicted octanol–water partition coefficient (Wildman–Crippen LogP) is -5.46. The average molecular weight is 899 g/mol. The number of hydrogen-bond acceptors (Lipinski definition) is 20. The van der Waals surface area contributed by atoms with Crippen molar-refractivity contribution in [1.29, 1.82) is 0 Å². The Morgan fingerprint density at radius 2 is 1.32 bits per heavy atom. The number of nitrogens with two attached hydrogens (primary N) is 1. The van der Waals surface area contributed by atoms with Crippen LogP contribution in [-0.2, 0) is 38.0 Å². The second kappa shape index (κ2) is 23.8. The van der Waals surface area contributed by atoms with Gasteiger partial charge in [-0.05, 0) is 41.8 Å². The van der Waals surface area contributed by atoms with Crippen molar-refractivity contribution in [3.05, 3.63) is 54.1 Å². The molecular formula is C40H58N4O19. The van der Waals surface area contributed by atoms with Crippen LogP contribution < -0.4 is 26.4 Å². The highest BCUT2D eigenvalue weighted by Crippen LogP contribution is 2.33. The summed E-state index contributed by atoms with van der Waals surface area (Å²) >= 11 is 0. The zero-order valence-electron chi connectivity index (χ0n) is 34.3. The van der Waals surface area contributed by atoms with Gasteiger partial charge in [-0.15, -0.1) is 0 Å². The zero-order chi connectivity index (χ0) is 45.8. The van der Waals surface area contributed by atoms with Gasteiger partial charge in [-0.25, -0.2) is 0 Å². The summed E-state index contributed by atoms with van der Waals surface area (Å²) in [4.78, 5) is 37.1. The lowest BCUT2D eigenvalue weighted by atomic mass is 9.95. The lowest BCUT2D eigenvalue weighted by Gasteiger charge is -2.48. The van der Waals surface area contributed by atoms with Crippen molar-refractivity contribution >= 4 is 17.7 Å². The molecule has 3 amide bonds. The molecule has 9 unspecified atom stereocenters. The Morgan fingerprint density at radius 3 is 1.97 bits per heavy atom. The van der Waals surface area contributed by atoms with Gasteiger partial charge >= 0.3 is 0 Å². The summed E-state index contributed by atoms with van der Waals surface area (Å²) < 4.78 is 39.7. The normalized spacial score (nSPS) is 33.3. The summed E-state index contributed by atoms with van der Waals surface area (Å²) in [6.45, 7) is -0.798. The Bertz CT molecular complexity index is 1760. The molecule has 3 heterocycles. The molecule has 352 valence electrons. The Balaban J connectivity index is 1.11. The molecule has 2 aromatic carbocycles. The molecule has 23 heteroatoms. The minimum absolute atomic E-state index is 0.0624. The van der Waals surface area contributed by atoms with E-state index in [1.807, 2.05) is 6.07 Å². The summed E-state index contributed by atoms with van der Waals surface area (Å²) in [5, 5.41) is 102. The molecule has 14 N–H and O–H groups in total. The first-order valence-electron chi connectivity index (χ1n) is 20.4. The van der Waals surface area contributed by atoms with Crippen molar-refractivity contribution in [1.82, 2.24) is 16.0 Å². The molecule has 23 nitrogen and oxygen atoms in total. The maximum Gasteiger partial charge on any atom is 0.257 e. The molecule has 0 spiro atoms.